The molecule has 4 rings (SSSR count). The fourth-order valence-electron chi connectivity index (χ4n) is 4.13. The first-order valence-corrected chi connectivity index (χ1v) is 11.1. The van der Waals surface area contributed by atoms with Gasteiger partial charge in [-0.15, -0.1) is 0 Å². The Morgan fingerprint density at radius 3 is 2.63 bits per heavy atom. The summed E-state index contributed by atoms with van der Waals surface area (Å²) in [7, 11) is -3.12. The molecular weight excluding hydrogens is 364 g/mol. The zero-order chi connectivity index (χ0) is 19.0. The van der Waals surface area contributed by atoms with Crippen LogP contribution in [-0.4, -0.2) is 70.6 Å². The molecule has 1 aromatic carbocycles. The van der Waals surface area contributed by atoms with Crippen molar-refractivity contribution in [2.45, 2.75) is 32.0 Å². The van der Waals surface area contributed by atoms with Gasteiger partial charge in [-0.1, -0.05) is 25.1 Å². The van der Waals surface area contributed by atoms with Crippen LogP contribution in [0.4, 0.5) is 0 Å². The van der Waals surface area contributed by atoms with Crippen LogP contribution >= 0.6 is 0 Å². The van der Waals surface area contributed by atoms with E-state index in [1.54, 1.807) is 4.90 Å². The molecule has 2 fully saturated rings. The van der Waals surface area contributed by atoms with E-state index in [-0.39, 0.29) is 29.5 Å². The number of hydrogen-bond donors (Lipinski definition) is 0. The molecule has 2 atom stereocenters. The van der Waals surface area contributed by atoms with Crippen molar-refractivity contribution in [2.75, 3.05) is 24.6 Å². The number of rotatable bonds is 4. The third-order valence-corrected chi connectivity index (χ3v) is 7.16. The number of aromatic nitrogens is 2. The van der Waals surface area contributed by atoms with Crippen LogP contribution in [0.2, 0.25) is 0 Å². The minimum Gasteiger partial charge on any atom is -0.336 e. The highest BCUT2D eigenvalue weighted by Crippen LogP contribution is 2.28. The summed E-state index contributed by atoms with van der Waals surface area (Å²) in [6.45, 7) is 3.72. The zero-order valence-electron chi connectivity index (χ0n) is 15.4. The number of para-hydroxylation sites is 1. The second kappa shape index (κ2) is 7.09. The van der Waals surface area contributed by atoms with Gasteiger partial charge in [-0.25, -0.2) is 13.1 Å². The quantitative estimate of drug-likeness (QED) is 0.784. The molecule has 2 saturated heterocycles. The van der Waals surface area contributed by atoms with Gasteiger partial charge < -0.3 is 4.90 Å². The molecule has 2 aliphatic rings. The van der Waals surface area contributed by atoms with Crippen molar-refractivity contribution in [2.24, 2.45) is 0 Å². The molecule has 2 aliphatic heterocycles. The minimum absolute atomic E-state index is 0.0404. The molecule has 0 saturated carbocycles. The first-order valence-electron chi connectivity index (χ1n) is 9.30. The van der Waals surface area contributed by atoms with Gasteiger partial charge in [0.25, 0.3) is 0 Å². The average Bonchev–Trinajstić information content (AvgIpc) is 3.25. The number of amides is 1. The zero-order valence-corrected chi connectivity index (χ0v) is 16.2. The number of carbonyl (C=O) groups excluding carboxylic acids is 1. The normalized spacial score (nSPS) is 24.7. The van der Waals surface area contributed by atoms with Crippen molar-refractivity contribution >= 4 is 15.7 Å². The van der Waals surface area contributed by atoms with Gasteiger partial charge in [0, 0.05) is 43.9 Å². The second-order valence-corrected chi connectivity index (χ2v) is 9.41. The molecule has 1 aromatic heterocycles. The largest absolute Gasteiger partial charge is 0.336 e. The maximum absolute atomic E-state index is 12.3. The molecule has 0 unspecified atom stereocenters. The van der Waals surface area contributed by atoms with Gasteiger partial charge in [-0.05, 0) is 12.1 Å². The number of sulfone groups is 1. The van der Waals surface area contributed by atoms with Gasteiger partial charge in [-0.3, -0.25) is 9.69 Å². The van der Waals surface area contributed by atoms with E-state index in [0.29, 0.717) is 26.1 Å². The first-order chi connectivity index (χ1) is 13.0. The SMILES string of the molecule is CCC(=O)N1CCN(Cc2cnn(-c3ccccc3)c2)[C@H]2CS(=O)(=O)C[C@H]21. The Hall–Kier alpha value is -2.19. The third kappa shape index (κ3) is 3.64. The summed E-state index contributed by atoms with van der Waals surface area (Å²) in [5, 5.41) is 4.43. The Labute approximate surface area is 159 Å². The maximum Gasteiger partial charge on any atom is 0.222 e. The molecule has 7 nitrogen and oxygen atoms in total. The molecule has 0 spiro atoms. The van der Waals surface area contributed by atoms with Crippen molar-refractivity contribution in [3.8, 4) is 5.69 Å². The van der Waals surface area contributed by atoms with Crippen LogP contribution in [0, 0.1) is 0 Å². The van der Waals surface area contributed by atoms with E-state index in [1.807, 2.05) is 54.3 Å². The van der Waals surface area contributed by atoms with Gasteiger partial charge in [0.1, 0.15) is 0 Å². The van der Waals surface area contributed by atoms with Crippen LogP contribution in [0.1, 0.15) is 18.9 Å². The van der Waals surface area contributed by atoms with Crippen LogP contribution < -0.4 is 0 Å². The Balaban J connectivity index is 1.53. The van der Waals surface area contributed by atoms with Gasteiger partial charge in [0.2, 0.25) is 5.91 Å². The second-order valence-electron chi connectivity index (χ2n) is 7.25. The van der Waals surface area contributed by atoms with Crippen molar-refractivity contribution in [3.05, 3.63) is 48.3 Å². The van der Waals surface area contributed by atoms with Crippen molar-refractivity contribution in [1.29, 1.82) is 0 Å². The van der Waals surface area contributed by atoms with Crippen LogP contribution in [0.5, 0.6) is 0 Å². The number of piperazine rings is 1. The summed E-state index contributed by atoms with van der Waals surface area (Å²) in [6, 6.07) is 9.51. The molecule has 0 N–H and O–H groups in total. The topological polar surface area (TPSA) is 75.5 Å². The number of fused-ring (bicyclic) bond motifs is 1. The highest BCUT2D eigenvalue weighted by molar-refractivity contribution is 7.91. The Kier molecular flexibility index (Phi) is 4.77. The Bertz CT molecular complexity index is 925. The molecule has 3 heterocycles. The maximum atomic E-state index is 12.3. The Morgan fingerprint density at radius 2 is 1.89 bits per heavy atom. The van der Waals surface area contributed by atoms with Crippen LogP contribution in [-0.2, 0) is 21.2 Å². The highest BCUT2D eigenvalue weighted by atomic mass is 32.2. The molecule has 0 bridgehead atoms. The molecule has 27 heavy (non-hydrogen) atoms. The molecule has 1 amide bonds. The standard InChI is InChI=1S/C19H24N4O3S/c1-2-19(24)22-9-8-21(17-13-27(25,26)14-18(17)22)11-15-10-20-23(12-15)16-6-4-3-5-7-16/h3-7,10,12,17-18H,2,8-9,11,13-14H2,1H3/t17-,18+/m0/s1. The lowest BCUT2D eigenvalue weighted by Gasteiger charge is -2.43. The molecule has 0 radical (unpaired) electrons. The lowest BCUT2D eigenvalue weighted by atomic mass is 10.0. The lowest BCUT2D eigenvalue weighted by Crippen LogP contribution is -2.60. The van der Waals surface area contributed by atoms with E-state index >= 15 is 0 Å². The van der Waals surface area contributed by atoms with Crippen LogP contribution in [0.25, 0.3) is 5.69 Å². The van der Waals surface area contributed by atoms with E-state index in [2.05, 4.69) is 10.00 Å². The summed E-state index contributed by atoms with van der Waals surface area (Å²) in [5.74, 6) is 0.236. The summed E-state index contributed by atoms with van der Waals surface area (Å²) in [6.07, 6.45) is 4.22. The van der Waals surface area contributed by atoms with E-state index in [1.165, 1.54) is 0 Å². The Morgan fingerprint density at radius 1 is 1.15 bits per heavy atom. The first kappa shape index (κ1) is 18.2. The molecule has 2 aromatic rings. The van der Waals surface area contributed by atoms with Gasteiger partial charge in [-0.2, -0.15) is 5.10 Å². The van der Waals surface area contributed by atoms with Gasteiger partial charge in [0.05, 0.1) is 29.4 Å². The molecule has 8 heteroatoms. The number of carbonyl (C=O) groups is 1. The molecule has 0 aliphatic carbocycles. The van der Waals surface area contributed by atoms with Crippen LogP contribution in [0.15, 0.2) is 42.7 Å². The fourth-order valence-corrected chi connectivity index (χ4v) is 6.14. The number of benzene rings is 1. The van der Waals surface area contributed by atoms with Gasteiger partial charge >= 0.3 is 0 Å². The predicted octanol–water partition coefficient (Wildman–Crippen LogP) is 1.09. The van der Waals surface area contributed by atoms with E-state index in [4.69, 9.17) is 0 Å². The number of nitrogens with zero attached hydrogens (tertiary/aromatic N) is 4. The van der Waals surface area contributed by atoms with Crippen molar-refractivity contribution in [1.82, 2.24) is 19.6 Å². The summed E-state index contributed by atoms with van der Waals surface area (Å²) in [5.41, 5.74) is 2.03. The third-order valence-electron chi connectivity index (χ3n) is 5.46. The monoisotopic (exact) mass is 388 g/mol. The van der Waals surface area contributed by atoms with E-state index in [0.717, 1.165) is 11.3 Å². The highest BCUT2D eigenvalue weighted by Gasteiger charge is 2.47. The summed E-state index contributed by atoms with van der Waals surface area (Å²) >= 11 is 0. The van der Waals surface area contributed by atoms with Gasteiger partial charge in [0.15, 0.2) is 9.84 Å². The van der Waals surface area contributed by atoms with Crippen molar-refractivity contribution < 1.29 is 13.2 Å². The molecular formula is C19H24N4O3S. The fraction of sp³-hybridized carbons (Fsp3) is 0.474. The van der Waals surface area contributed by atoms with Crippen LogP contribution in [0.3, 0.4) is 0 Å². The molecule has 144 valence electrons. The predicted molar refractivity (Wildman–Crippen MR) is 102 cm³/mol. The minimum atomic E-state index is -3.12. The van der Waals surface area contributed by atoms with E-state index in [9.17, 15) is 13.2 Å². The summed E-state index contributed by atoms with van der Waals surface area (Å²) < 4.78 is 26.3. The van der Waals surface area contributed by atoms with E-state index < -0.39 is 9.84 Å². The number of hydrogen-bond acceptors (Lipinski definition) is 5. The smallest absolute Gasteiger partial charge is 0.222 e. The summed E-state index contributed by atoms with van der Waals surface area (Å²) in [4.78, 5) is 16.2. The lowest BCUT2D eigenvalue weighted by molar-refractivity contribution is -0.136. The average molecular weight is 388 g/mol. The van der Waals surface area contributed by atoms with Crippen molar-refractivity contribution in [3.63, 3.8) is 0 Å².